The van der Waals surface area contributed by atoms with Crippen molar-refractivity contribution >= 4 is 10.5 Å². The van der Waals surface area contributed by atoms with Gasteiger partial charge >= 0.3 is 12.4 Å². The zero-order chi connectivity index (χ0) is 15.8. The Morgan fingerprint density at radius 2 is 1.30 bits per heavy atom. The van der Waals surface area contributed by atoms with Crippen molar-refractivity contribution in [1.82, 2.24) is 0 Å². The maximum absolute atomic E-state index is 12.7. The molecule has 0 aliphatic carbocycles. The quantitative estimate of drug-likeness (QED) is 0.614. The summed E-state index contributed by atoms with van der Waals surface area (Å²) >= 11 is 0. The van der Waals surface area contributed by atoms with Crippen LogP contribution in [0.3, 0.4) is 0 Å². The fraction of sp³-hybridized carbons (Fsp3) is 0.500. The van der Waals surface area contributed by atoms with E-state index in [1.54, 1.807) is 13.8 Å². The molecule has 0 fully saturated rings. The minimum Gasteiger partial charge on any atom is -0.423 e. The average Bonchev–Trinajstić information content (AvgIpc) is 2.25. The van der Waals surface area contributed by atoms with Gasteiger partial charge < -0.3 is 4.43 Å². The molecule has 0 atom stereocenters. The van der Waals surface area contributed by atoms with Crippen molar-refractivity contribution in [2.24, 2.45) is 0 Å². The molecule has 0 aliphatic heterocycles. The smallest absolute Gasteiger partial charge is 0.416 e. The molecular formula is C12H14F6OSi. The minimum atomic E-state index is -4.82. The van der Waals surface area contributed by atoms with Gasteiger partial charge in [0.05, 0.1) is 16.7 Å². The number of alkyl halides is 6. The molecule has 0 amide bonds. The molecule has 1 aromatic rings. The van der Waals surface area contributed by atoms with Gasteiger partial charge in [-0.05, 0) is 44.0 Å². The molecule has 20 heavy (non-hydrogen) atoms. The number of hydrogen-bond acceptors (Lipinski definition) is 1. The van der Waals surface area contributed by atoms with E-state index in [-0.39, 0.29) is 18.1 Å². The minimum absolute atomic E-state index is 0.0243. The number of rotatable bonds is 3. The van der Waals surface area contributed by atoms with Gasteiger partial charge in [0.25, 0.3) is 0 Å². The highest BCUT2D eigenvalue weighted by Crippen LogP contribution is 2.37. The van der Waals surface area contributed by atoms with E-state index in [4.69, 9.17) is 4.43 Å². The van der Waals surface area contributed by atoms with Gasteiger partial charge in [0.1, 0.15) is 10.5 Å². The molecule has 0 aliphatic rings. The molecule has 0 saturated carbocycles. The summed E-state index contributed by atoms with van der Waals surface area (Å²) in [6.45, 7) is 3.24. The summed E-state index contributed by atoms with van der Waals surface area (Å²) in [4.78, 5) is 0. The van der Waals surface area contributed by atoms with Crippen LogP contribution in [0.1, 0.15) is 30.5 Å². The van der Waals surface area contributed by atoms with Gasteiger partial charge in [-0.3, -0.25) is 0 Å². The maximum atomic E-state index is 12.7. The third kappa shape index (κ3) is 4.52. The number of halogens is 6. The Morgan fingerprint density at radius 3 is 1.60 bits per heavy atom. The van der Waals surface area contributed by atoms with Crippen LogP contribution in [0.15, 0.2) is 18.2 Å². The highest BCUT2D eigenvalue weighted by atomic mass is 28.2. The Morgan fingerprint density at radius 1 is 0.900 bits per heavy atom. The zero-order valence-corrected chi connectivity index (χ0v) is 13.1. The van der Waals surface area contributed by atoms with Crippen molar-refractivity contribution in [3.05, 3.63) is 34.9 Å². The van der Waals surface area contributed by atoms with Crippen molar-refractivity contribution in [3.63, 3.8) is 0 Å². The maximum Gasteiger partial charge on any atom is 0.416 e. The van der Waals surface area contributed by atoms with Crippen LogP contribution in [0.5, 0.6) is 0 Å². The van der Waals surface area contributed by atoms with Crippen LogP contribution in [0.2, 0.25) is 0 Å². The van der Waals surface area contributed by atoms with Crippen molar-refractivity contribution in [1.29, 1.82) is 0 Å². The van der Waals surface area contributed by atoms with Gasteiger partial charge in [-0.25, -0.2) is 0 Å². The second-order valence-corrected chi connectivity index (χ2v) is 5.46. The summed E-state index contributed by atoms with van der Waals surface area (Å²) in [6.07, 6.45) is -9.66. The third-order valence-corrected chi connectivity index (χ3v) is 3.94. The highest BCUT2D eigenvalue weighted by molar-refractivity contribution is 5.98. The lowest BCUT2D eigenvalue weighted by Crippen LogP contribution is -2.26. The molecule has 0 N–H and O–H groups in total. The summed E-state index contributed by atoms with van der Waals surface area (Å²) in [5.41, 5.74) is -3.44. The predicted octanol–water partition coefficient (Wildman–Crippen LogP) is 3.34. The Balaban J connectivity index is 3.32. The average molecular weight is 316 g/mol. The molecule has 1 aromatic carbocycles. The van der Waals surface area contributed by atoms with Crippen LogP contribution in [-0.2, 0) is 23.2 Å². The van der Waals surface area contributed by atoms with Gasteiger partial charge in [0.2, 0.25) is 0 Å². The molecular weight excluding hydrogens is 302 g/mol. The SMILES string of the molecule is CC(C)(Cc1cc(C(F)(F)F)cc(C(F)(F)F)c1)O[SiH3]. The molecule has 0 spiro atoms. The first-order valence-corrected chi connectivity index (χ1v) is 6.50. The molecule has 0 bridgehead atoms. The van der Waals surface area contributed by atoms with E-state index >= 15 is 0 Å². The van der Waals surface area contributed by atoms with Crippen LogP contribution in [0.25, 0.3) is 0 Å². The first-order valence-electron chi connectivity index (χ1n) is 5.69. The Bertz CT molecular complexity index is 446. The van der Waals surface area contributed by atoms with Crippen molar-refractivity contribution in [3.8, 4) is 0 Å². The van der Waals surface area contributed by atoms with E-state index in [0.717, 1.165) is 12.1 Å². The first kappa shape index (κ1) is 17.0. The molecule has 0 radical (unpaired) electrons. The summed E-state index contributed by atoms with van der Waals surface area (Å²) in [5.74, 6) is 0. The number of benzene rings is 1. The van der Waals surface area contributed by atoms with Gasteiger partial charge in [-0.15, -0.1) is 0 Å². The lowest BCUT2D eigenvalue weighted by Gasteiger charge is -2.25. The van der Waals surface area contributed by atoms with Gasteiger partial charge in [0, 0.05) is 0 Å². The molecule has 8 heteroatoms. The highest BCUT2D eigenvalue weighted by Gasteiger charge is 2.37. The molecule has 0 unspecified atom stereocenters. The van der Waals surface area contributed by atoms with Gasteiger partial charge in [-0.1, -0.05) is 0 Å². The molecule has 0 aromatic heterocycles. The van der Waals surface area contributed by atoms with E-state index in [2.05, 4.69) is 0 Å². The van der Waals surface area contributed by atoms with Crippen molar-refractivity contribution < 1.29 is 30.8 Å². The van der Waals surface area contributed by atoms with Crippen LogP contribution in [-0.4, -0.2) is 16.1 Å². The lowest BCUT2D eigenvalue weighted by atomic mass is 9.95. The second-order valence-electron chi connectivity index (χ2n) is 5.05. The van der Waals surface area contributed by atoms with E-state index in [9.17, 15) is 26.3 Å². The Kier molecular flexibility index (Phi) is 4.60. The number of hydrogen-bond donors (Lipinski definition) is 0. The summed E-state index contributed by atoms with van der Waals surface area (Å²) < 4.78 is 81.1. The van der Waals surface area contributed by atoms with E-state index in [1.165, 1.54) is 0 Å². The van der Waals surface area contributed by atoms with E-state index < -0.39 is 29.1 Å². The van der Waals surface area contributed by atoms with Crippen LogP contribution in [0, 0.1) is 0 Å². The monoisotopic (exact) mass is 316 g/mol. The summed E-state index contributed by atoms with van der Waals surface area (Å²) in [7, 11) is 0.342. The van der Waals surface area contributed by atoms with E-state index in [1.807, 2.05) is 0 Å². The second kappa shape index (κ2) is 5.40. The largest absolute Gasteiger partial charge is 0.423 e. The molecule has 0 heterocycles. The Labute approximate surface area is 115 Å². The van der Waals surface area contributed by atoms with Crippen LogP contribution >= 0.6 is 0 Å². The molecule has 114 valence electrons. The van der Waals surface area contributed by atoms with Gasteiger partial charge in [0.15, 0.2) is 0 Å². The predicted molar refractivity (Wildman–Crippen MR) is 65.3 cm³/mol. The fourth-order valence-corrected chi connectivity index (χ4v) is 1.83. The Hall–Kier alpha value is -1.02. The van der Waals surface area contributed by atoms with Crippen LogP contribution in [0.4, 0.5) is 26.3 Å². The normalized spacial score (nSPS) is 13.8. The third-order valence-electron chi connectivity index (χ3n) is 2.83. The van der Waals surface area contributed by atoms with Gasteiger partial charge in [-0.2, -0.15) is 26.3 Å². The molecule has 1 nitrogen and oxygen atoms in total. The standard InChI is InChI=1S/C12H14F6OSi/c1-10(2,19-20)6-7-3-8(11(13,14)15)5-9(4-7)12(16,17)18/h3-5H,6H2,1-2,20H3. The van der Waals surface area contributed by atoms with Crippen LogP contribution < -0.4 is 0 Å². The summed E-state index contributed by atoms with van der Waals surface area (Å²) in [5, 5.41) is 0. The topological polar surface area (TPSA) is 9.23 Å². The van der Waals surface area contributed by atoms with Crippen molar-refractivity contribution in [2.75, 3.05) is 0 Å². The van der Waals surface area contributed by atoms with E-state index in [0.29, 0.717) is 10.5 Å². The molecule has 1 rings (SSSR count). The molecule has 0 saturated heterocycles. The fourth-order valence-electron chi connectivity index (χ4n) is 1.69. The summed E-state index contributed by atoms with van der Waals surface area (Å²) in [6, 6.07) is 1.59. The first-order chi connectivity index (χ1) is 8.85. The van der Waals surface area contributed by atoms with Crippen molar-refractivity contribution in [2.45, 2.75) is 38.2 Å². The lowest BCUT2D eigenvalue weighted by molar-refractivity contribution is -0.143. The zero-order valence-electron chi connectivity index (χ0n) is 11.1.